The van der Waals surface area contributed by atoms with Gasteiger partial charge in [-0.05, 0) is 28.7 Å². The van der Waals surface area contributed by atoms with Crippen molar-refractivity contribution in [1.82, 2.24) is 10.6 Å². The van der Waals surface area contributed by atoms with Crippen LogP contribution in [0.3, 0.4) is 0 Å². The lowest BCUT2D eigenvalue weighted by molar-refractivity contribution is -0.143. The first kappa shape index (κ1) is 24.3. The number of methoxy groups -OCH3 is 1. The molecule has 0 bridgehead atoms. The number of amides is 2. The predicted molar refractivity (Wildman–Crippen MR) is 123 cm³/mol. The van der Waals surface area contributed by atoms with Crippen LogP contribution in [0.25, 0.3) is 11.1 Å². The molecular formula is C25H30N2O6. The molecule has 0 radical (unpaired) electrons. The largest absolute Gasteiger partial charge is 0.480 e. The van der Waals surface area contributed by atoms with E-state index in [1.54, 1.807) is 0 Å². The number of hydrogen-bond donors (Lipinski definition) is 3. The lowest BCUT2D eigenvalue weighted by Crippen LogP contribution is -2.46. The third kappa shape index (κ3) is 6.10. The van der Waals surface area contributed by atoms with Gasteiger partial charge in [0.05, 0.1) is 6.61 Å². The van der Waals surface area contributed by atoms with Gasteiger partial charge < -0.3 is 25.2 Å². The maximum absolute atomic E-state index is 12.5. The molecule has 2 aromatic rings. The monoisotopic (exact) mass is 454 g/mol. The summed E-state index contributed by atoms with van der Waals surface area (Å²) in [5.74, 6) is -1.71. The van der Waals surface area contributed by atoms with E-state index in [-0.39, 0.29) is 25.6 Å². The van der Waals surface area contributed by atoms with Crippen LogP contribution < -0.4 is 10.6 Å². The molecule has 1 aliphatic carbocycles. The Hall–Kier alpha value is -3.39. The zero-order valence-corrected chi connectivity index (χ0v) is 18.9. The first-order valence-corrected chi connectivity index (χ1v) is 11.1. The number of nitrogens with one attached hydrogen (secondary N) is 2. The summed E-state index contributed by atoms with van der Waals surface area (Å²) in [6.07, 6.45) is 0.641. The predicted octanol–water partition coefficient (Wildman–Crippen LogP) is 3.30. The van der Waals surface area contributed by atoms with E-state index in [0.29, 0.717) is 6.42 Å². The molecule has 0 saturated carbocycles. The van der Waals surface area contributed by atoms with Gasteiger partial charge in [-0.2, -0.15) is 0 Å². The number of fused-ring (bicyclic) bond motifs is 3. The average Bonchev–Trinajstić information content (AvgIpc) is 3.11. The Labute approximate surface area is 193 Å². The number of rotatable bonds is 11. The molecule has 2 amide bonds. The summed E-state index contributed by atoms with van der Waals surface area (Å²) in [6.45, 7) is 1.98. The maximum Gasteiger partial charge on any atom is 0.407 e. The molecule has 0 aliphatic heterocycles. The Bertz CT molecular complexity index is 947. The quantitative estimate of drug-likeness (QED) is 0.480. The van der Waals surface area contributed by atoms with Crippen molar-refractivity contribution in [1.29, 1.82) is 0 Å². The van der Waals surface area contributed by atoms with Gasteiger partial charge in [0.25, 0.3) is 0 Å². The van der Waals surface area contributed by atoms with Crippen molar-refractivity contribution in [2.24, 2.45) is 0 Å². The zero-order valence-electron chi connectivity index (χ0n) is 18.9. The summed E-state index contributed by atoms with van der Waals surface area (Å²) in [5.41, 5.74) is 4.53. The van der Waals surface area contributed by atoms with Crippen LogP contribution >= 0.6 is 0 Å². The summed E-state index contributed by atoms with van der Waals surface area (Å²) in [6, 6.07) is 14.6. The Morgan fingerprint density at radius 2 is 1.61 bits per heavy atom. The van der Waals surface area contributed by atoms with Gasteiger partial charge in [-0.3, -0.25) is 4.79 Å². The molecule has 0 spiro atoms. The number of carbonyl (C=O) groups excluding carboxylic acids is 2. The van der Waals surface area contributed by atoms with Crippen LogP contribution in [0, 0.1) is 0 Å². The van der Waals surface area contributed by atoms with Gasteiger partial charge >= 0.3 is 12.1 Å². The molecular weight excluding hydrogens is 424 g/mol. The van der Waals surface area contributed by atoms with Crippen LogP contribution in [0.1, 0.15) is 43.2 Å². The highest BCUT2D eigenvalue weighted by Crippen LogP contribution is 2.44. The SMILES string of the molecule is CCC[C@@H](CC(=O)N[C@@H](COC)C(=O)O)NC(=O)OCC1c2ccccc2-c2ccccc21. The van der Waals surface area contributed by atoms with Crippen LogP contribution in [0.2, 0.25) is 0 Å². The van der Waals surface area contributed by atoms with Crippen LogP contribution in [0.5, 0.6) is 0 Å². The number of hydrogen-bond acceptors (Lipinski definition) is 5. The fraction of sp³-hybridized carbons (Fsp3) is 0.400. The molecule has 33 heavy (non-hydrogen) atoms. The minimum atomic E-state index is -1.18. The highest BCUT2D eigenvalue weighted by Gasteiger charge is 2.29. The van der Waals surface area contributed by atoms with Crippen molar-refractivity contribution in [3.8, 4) is 11.1 Å². The third-order valence-electron chi connectivity index (χ3n) is 5.70. The third-order valence-corrected chi connectivity index (χ3v) is 5.70. The summed E-state index contributed by atoms with van der Waals surface area (Å²) < 4.78 is 10.4. The minimum absolute atomic E-state index is 0.0501. The van der Waals surface area contributed by atoms with Crippen LogP contribution in [0.15, 0.2) is 48.5 Å². The standard InChI is InChI=1S/C25H30N2O6/c1-3-8-16(13-23(28)27-22(15-32-2)24(29)30)26-25(31)33-14-21-19-11-6-4-9-17(19)18-10-5-7-12-20(18)21/h4-7,9-12,16,21-22H,3,8,13-15H2,1-2H3,(H,26,31)(H,27,28)(H,29,30)/t16-,22-/m0/s1. The van der Waals surface area contributed by atoms with Crippen molar-refractivity contribution in [2.75, 3.05) is 20.3 Å². The molecule has 3 N–H and O–H groups in total. The molecule has 1 aliphatic rings. The molecule has 2 aromatic carbocycles. The Morgan fingerprint density at radius 1 is 1.00 bits per heavy atom. The van der Waals surface area contributed by atoms with Crippen molar-refractivity contribution < 1.29 is 29.0 Å². The minimum Gasteiger partial charge on any atom is -0.480 e. The van der Waals surface area contributed by atoms with Gasteiger partial charge in [-0.15, -0.1) is 0 Å². The highest BCUT2D eigenvalue weighted by atomic mass is 16.5. The van der Waals surface area contributed by atoms with Gasteiger partial charge in [0.15, 0.2) is 6.04 Å². The van der Waals surface area contributed by atoms with Gasteiger partial charge in [-0.25, -0.2) is 9.59 Å². The van der Waals surface area contributed by atoms with Crippen molar-refractivity contribution in [3.63, 3.8) is 0 Å². The van der Waals surface area contributed by atoms with Crippen LogP contribution in [-0.4, -0.2) is 55.5 Å². The molecule has 8 heteroatoms. The number of ether oxygens (including phenoxy) is 2. The molecule has 0 aromatic heterocycles. The van der Waals surface area contributed by atoms with E-state index in [4.69, 9.17) is 14.6 Å². The van der Waals surface area contributed by atoms with E-state index in [1.165, 1.54) is 7.11 Å². The number of carboxylic acids is 1. The molecule has 0 unspecified atom stereocenters. The normalized spacial score (nSPS) is 14.0. The number of carbonyl (C=O) groups is 3. The summed E-state index contributed by atoms with van der Waals surface area (Å²) >= 11 is 0. The van der Waals surface area contributed by atoms with Crippen molar-refractivity contribution >= 4 is 18.0 Å². The highest BCUT2D eigenvalue weighted by molar-refractivity contribution is 5.84. The molecule has 3 rings (SSSR count). The molecule has 0 heterocycles. The van der Waals surface area contributed by atoms with Gasteiger partial charge in [-0.1, -0.05) is 61.9 Å². The molecule has 2 atom stereocenters. The molecule has 0 fully saturated rings. The van der Waals surface area contributed by atoms with Crippen molar-refractivity contribution in [3.05, 3.63) is 59.7 Å². The number of aliphatic carboxylic acids is 1. The topological polar surface area (TPSA) is 114 Å². The second-order valence-electron chi connectivity index (χ2n) is 8.07. The average molecular weight is 455 g/mol. The van der Waals surface area contributed by atoms with E-state index in [2.05, 4.69) is 22.8 Å². The van der Waals surface area contributed by atoms with E-state index in [9.17, 15) is 14.4 Å². The maximum atomic E-state index is 12.5. The molecule has 0 saturated heterocycles. The van der Waals surface area contributed by atoms with E-state index in [0.717, 1.165) is 28.7 Å². The van der Waals surface area contributed by atoms with Crippen LogP contribution in [-0.2, 0) is 19.1 Å². The first-order valence-electron chi connectivity index (χ1n) is 11.1. The van der Waals surface area contributed by atoms with Gasteiger partial charge in [0.1, 0.15) is 6.61 Å². The van der Waals surface area contributed by atoms with Gasteiger partial charge in [0.2, 0.25) is 5.91 Å². The zero-order chi connectivity index (χ0) is 23.8. The second-order valence-corrected chi connectivity index (χ2v) is 8.07. The Balaban J connectivity index is 1.58. The van der Waals surface area contributed by atoms with Gasteiger partial charge in [0, 0.05) is 25.5 Å². The Kier molecular flexibility index (Phi) is 8.43. The number of benzene rings is 2. The van der Waals surface area contributed by atoms with E-state index < -0.39 is 30.1 Å². The fourth-order valence-electron chi connectivity index (χ4n) is 4.20. The number of alkyl carbamates (subject to hydrolysis) is 1. The number of carboxylic acid groups (broad SMARTS) is 1. The fourth-order valence-corrected chi connectivity index (χ4v) is 4.20. The summed E-state index contributed by atoms with van der Waals surface area (Å²) in [4.78, 5) is 36.1. The lowest BCUT2D eigenvalue weighted by Gasteiger charge is -2.20. The second kappa shape index (κ2) is 11.5. The van der Waals surface area contributed by atoms with E-state index in [1.807, 2.05) is 43.3 Å². The lowest BCUT2D eigenvalue weighted by atomic mass is 9.98. The van der Waals surface area contributed by atoms with E-state index >= 15 is 0 Å². The Morgan fingerprint density at radius 3 is 2.15 bits per heavy atom. The summed E-state index contributed by atoms with van der Waals surface area (Å²) in [5, 5.41) is 14.3. The molecule has 8 nitrogen and oxygen atoms in total. The van der Waals surface area contributed by atoms with Crippen molar-refractivity contribution in [2.45, 2.75) is 44.2 Å². The summed E-state index contributed by atoms with van der Waals surface area (Å²) in [7, 11) is 1.36. The van der Waals surface area contributed by atoms with Crippen LogP contribution in [0.4, 0.5) is 4.79 Å². The smallest absolute Gasteiger partial charge is 0.407 e. The first-order chi connectivity index (χ1) is 15.9. The molecule has 176 valence electrons.